The van der Waals surface area contributed by atoms with Crippen LogP contribution in [0.15, 0.2) is 23.7 Å². The van der Waals surface area contributed by atoms with E-state index >= 15 is 0 Å². The molecule has 0 unspecified atom stereocenters. The lowest BCUT2D eigenvalue weighted by atomic mass is 10.3. The first-order valence-corrected chi connectivity index (χ1v) is 5.20. The van der Waals surface area contributed by atoms with Crippen LogP contribution >= 0.6 is 22.9 Å². The molecule has 0 N–H and O–H groups in total. The predicted molar refractivity (Wildman–Crippen MR) is 59.3 cm³/mol. The van der Waals surface area contributed by atoms with Crippen LogP contribution in [-0.4, -0.2) is 17.4 Å². The van der Waals surface area contributed by atoms with E-state index in [2.05, 4.69) is 4.98 Å². The average Bonchev–Trinajstić information content (AvgIpc) is 2.62. The van der Waals surface area contributed by atoms with Gasteiger partial charge in [0.15, 0.2) is 0 Å². The number of fused-ring (bicyclic) bond motifs is 1. The van der Waals surface area contributed by atoms with E-state index in [1.165, 1.54) is 16.2 Å². The summed E-state index contributed by atoms with van der Waals surface area (Å²) in [7, 11) is 1.64. The van der Waals surface area contributed by atoms with Crippen molar-refractivity contribution < 1.29 is 4.79 Å². The van der Waals surface area contributed by atoms with Crippen molar-refractivity contribution in [2.24, 2.45) is 0 Å². The molecule has 0 bridgehead atoms. The molecule has 1 heterocycles. The van der Waals surface area contributed by atoms with E-state index in [4.69, 9.17) is 11.6 Å². The third-order valence-electron chi connectivity index (χ3n) is 1.97. The number of thiazole rings is 1. The van der Waals surface area contributed by atoms with Crippen LogP contribution in [0.1, 0.15) is 0 Å². The molecule has 0 spiro atoms. The SMILES string of the molecule is CN(C(=O)Cl)c1ccc2ncsc2c1. The molecule has 1 aromatic heterocycles. The highest BCUT2D eigenvalue weighted by Crippen LogP contribution is 2.24. The molecule has 0 aliphatic rings. The zero-order valence-corrected chi connectivity index (χ0v) is 8.97. The summed E-state index contributed by atoms with van der Waals surface area (Å²) in [5, 5.41) is -0.492. The minimum atomic E-state index is -0.492. The molecule has 2 aromatic rings. The Bertz CT molecular complexity index is 482. The van der Waals surface area contributed by atoms with Gasteiger partial charge in [-0.05, 0) is 29.8 Å². The average molecular weight is 227 g/mol. The maximum atomic E-state index is 10.9. The highest BCUT2D eigenvalue weighted by atomic mass is 35.5. The quantitative estimate of drug-likeness (QED) is 0.553. The molecule has 0 fully saturated rings. The summed E-state index contributed by atoms with van der Waals surface area (Å²) >= 11 is 6.90. The summed E-state index contributed by atoms with van der Waals surface area (Å²) in [5.41, 5.74) is 3.49. The van der Waals surface area contributed by atoms with E-state index < -0.39 is 5.37 Å². The number of rotatable bonds is 1. The second-order valence-corrected chi connectivity index (χ2v) is 4.03. The fourth-order valence-corrected chi connectivity index (χ4v) is 1.96. The zero-order valence-electron chi connectivity index (χ0n) is 7.40. The molecule has 14 heavy (non-hydrogen) atoms. The van der Waals surface area contributed by atoms with Crippen LogP contribution < -0.4 is 4.90 Å². The Hall–Kier alpha value is -1.13. The number of halogens is 1. The Morgan fingerprint density at radius 2 is 2.36 bits per heavy atom. The Kier molecular flexibility index (Phi) is 2.39. The molecule has 0 aliphatic heterocycles. The van der Waals surface area contributed by atoms with Gasteiger partial charge in [-0.15, -0.1) is 11.3 Å². The number of amides is 1. The number of aromatic nitrogens is 1. The van der Waals surface area contributed by atoms with Crippen molar-refractivity contribution in [1.82, 2.24) is 4.98 Å². The van der Waals surface area contributed by atoms with Crippen molar-refractivity contribution >= 4 is 44.2 Å². The van der Waals surface area contributed by atoms with Gasteiger partial charge in [-0.1, -0.05) is 0 Å². The van der Waals surface area contributed by atoms with Crippen LogP contribution in [0, 0.1) is 0 Å². The smallest absolute Gasteiger partial charge is 0.302 e. The third-order valence-corrected chi connectivity index (χ3v) is 3.01. The van der Waals surface area contributed by atoms with Gasteiger partial charge in [-0.2, -0.15) is 0 Å². The monoisotopic (exact) mass is 226 g/mol. The van der Waals surface area contributed by atoms with Crippen molar-refractivity contribution in [3.63, 3.8) is 0 Å². The largest absolute Gasteiger partial charge is 0.320 e. The van der Waals surface area contributed by atoms with E-state index in [-0.39, 0.29) is 0 Å². The summed E-state index contributed by atoms with van der Waals surface area (Å²) in [5.74, 6) is 0. The summed E-state index contributed by atoms with van der Waals surface area (Å²) in [6.45, 7) is 0. The van der Waals surface area contributed by atoms with Gasteiger partial charge in [0.1, 0.15) is 0 Å². The molecule has 0 saturated carbocycles. The van der Waals surface area contributed by atoms with Crippen LogP contribution in [0.4, 0.5) is 10.5 Å². The first-order valence-electron chi connectivity index (χ1n) is 3.95. The van der Waals surface area contributed by atoms with Crippen molar-refractivity contribution in [2.75, 3.05) is 11.9 Å². The normalized spacial score (nSPS) is 10.4. The molecule has 0 radical (unpaired) electrons. The second kappa shape index (κ2) is 3.55. The molecule has 0 atom stereocenters. The number of anilines is 1. The number of carbonyl (C=O) groups excluding carboxylic acids is 1. The first-order chi connectivity index (χ1) is 6.68. The van der Waals surface area contributed by atoms with E-state index in [9.17, 15) is 4.79 Å². The highest BCUT2D eigenvalue weighted by Gasteiger charge is 2.08. The van der Waals surface area contributed by atoms with Gasteiger partial charge in [0.2, 0.25) is 0 Å². The van der Waals surface area contributed by atoms with Crippen LogP contribution in [0.3, 0.4) is 0 Å². The lowest BCUT2D eigenvalue weighted by Gasteiger charge is -2.12. The fourth-order valence-electron chi connectivity index (χ4n) is 1.15. The van der Waals surface area contributed by atoms with Gasteiger partial charge in [-0.3, -0.25) is 4.79 Å². The zero-order chi connectivity index (χ0) is 10.1. The number of carbonyl (C=O) groups is 1. The minimum Gasteiger partial charge on any atom is -0.302 e. The van der Waals surface area contributed by atoms with Gasteiger partial charge in [0, 0.05) is 12.7 Å². The molecular formula is C9H7ClN2OS. The lowest BCUT2D eigenvalue weighted by Crippen LogP contribution is -2.19. The molecule has 2 rings (SSSR count). The van der Waals surface area contributed by atoms with Crippen LogP contribution in [0.5, 0.6) is 0 Å². The van der Waals surface area contributed by atoms with Crippen molar-refractivity contribution in [3.8, 4) is 0 Å². The van der Waals surface area contributed by atoms with Crippen molar-refractivity contribution in [2.45, 2.75) is 0 Å². The molecule has 72 valence electrons. The number of hydrogen-bond acceptors (Lipinski definition) is 3. The summed E-state index contributed by atoms with van der Waals surface area (Å²) in [4.78, 5) is 16.4. The third kappa shape index (κ3) is 1.58. The molecular weight excluding hydrogens is 220 g/mol. The lowest BCUT2D eigenvalue weighted by molar-refractivity contribution is 0.265. The Morgan fingerprint density at radius 3 is 3.07 bits per heavy atom. The molecule has 0 saturated heterocycles. The standard InChI is InChI=1S/C9H7ClN2OS/c1-12(9(10)13)6-2-3-7-8(4-6)14-5-11-7/h2-5H,1H3. The van der Waals surface area contributed by atoms with Crippen molar-refractivity contribution in [3.05, 3.63) is 23.7 Å². The Labute approximate surface area is 89.9 Å². The fraction of sp³-hybridized carbons (Fsp3) is 0.111. The molecule has 3 nitrogen and oxygen atoms in total. The van der Waals surface area contributed by atoms with Gasteiger partial charge in [0.25, 0.3) is 0 Å². The van der Waals surface area contributed by atoms with Gasteiger partial charge >= 0.3 is 5.37 Å². The molecule has 5 heteroatoms. The Morgan fingerprint density at radius 1 is 1.57 bits per heavy atom. The number of nitrogens with zero attached hydrogens (tertiary/aromatic N) is 2. The summed E-state index contributed by atoms with van der Waals surface area (Å²) < 4.78 is 1.05. The minimum absolute atomic E-state index is 0.492. The molecule has 0 aliphatic carbocycles. The number of benzene rings is 1. The first kappa shape index (κ1) is 9.43. The van der Waals surface area contributed by atoms with Crippen LogP contribution in [-0.2, 0) is 0 Å². The van der Waals surface area contributed by atoms with Crippen LogP contribution in [0.2, 0.25) is 0 Å². The molecule has 1 aromatic carbocycles. The predicted octanol–water partition coefficient (Wildman–Crippen LogP) is 3.09. The highest BCUT2D eigenvalue weighted by molar-refractivity contribution is 7.16. The van der Waals surface area contributed by atoms with Gasteiger partial charge in [0.05, 0.1) is 15.7 Å². The topological polar surface area (TPSA) is 33.2 Å². The van der Waals surface area contributed by atoms with E-state index in [1.54, 1.807) is 12.6 Å². The maximum absolute atomic E-state index is 10.9. The van der Waals surface area contributed by atoms with E-state index in [0.29, 0.717) is 0 Å². The summed E-state index contributed by atoms with van der Waals surface area (Å²) in [6.07, 6.45) is 0. The van der Waals surface area contributed by atoms with E-state index in [0.717, 1.165) is 15.9 Å². The number of hydrogen-bond donors (Lipinski definition) is 0. The Balaban J connectivity index is 2.48. The molecule has 1 amide bonds. The summed E-state index contributed by atoms with van der Waals surface area (Å²) in [6, 6.07) is 5.59. The van der Waals surface area contributed by atoms with E-state index in [1.807, 2.05) is 18.2 Å². The second-order valence-electron chi connectivity index (χ2n) is 2.82. The maximum Gasteiger partial charge on any atom is 0.320 e. The van der Waals surface area contributed by atoms with Gasteiger partial charge in [-0.25, -0.2) is 4.98 Å². The van der Waals surface area contributed by atoms with Crippen molar-refractivity contribution in [1.29, 1.82) is 0 Å². The van der Waals surface area contributed by atoms with Gasteiger partial charge < -0.3 is 4.90 Å². The van der Waals surface area contributed by atoms with Crippen LogP contribution in [0.25, 0.3) is 10.2 Å².